The third kappa shape index (κ3) is 3.71. The largest absolute Gasteiger partial charge is 0.366 e. The van der Waals surface area contributed by atoms with Gasteiger partial charge in [0.25, 0.3) is 0 Å². The molecule has 0 heterocycles. The molecule has 2 N–H and O–H groups in total. The number of hydrogen-bond acceptors (Lipinski definition) is 4. The first-order valence-electron chi connectivity index (χ1n) is 8.02. The lowest BCUT2D eigenvalue weighted by atomic mass is 9.92. The van der Waals surface area contributed by atoms with E-state index in [2.05, 4.69) is 22.8 Å². The highest BCUT2D eigenvalue weighted by Gasteiger charge is 2.29. The predicted molar refractivity (Wildman–Crippen MR) is 91.5 cm³/mol. The molecule has 0 aliphatic heterocycles. The summed E-state index contributed by atoms with van der Waals surface area (Å²) in [5.41, 5.74) is 0.584. The maximum Gasteiger partial charge on any atom is 0.124 e. The van der Waals surface area contributed by atoms with Crippen molar-refractivity contribution in [3.05, 3.63) is 24.3 Å². The standard InChI is InChI=1S/C18H26N4/c1-5-17(6-2,13-19)21-15-11-9-10-12-16(15)22-18(7-3,8-4)14-20/h9-12,21-22H,5-8H2,1-4H3. The fourth-order valence-corrected chi connectivity index (χ4v) is 2.44. The summed E-state index contributed by atoms with van der Waals surface area (Å²) in [7, 11) is 0. The zero-order valence-electron chi connectivity index (χ0n) is 14.0. The Labute approximate surface area is 134 Å². The summed E-state index contributed by atoms with van der Waals surface area (Å²) in [6, 6.07) is 12.6. The molecule has 1 aromatic rings. The number of nitrogens with one attached hydrogen (secondary N) is 2. The number of nitrogens with zero attached hydrogens (tertiary/aromatic N) is 2. The Morgan fingerprint density at radius 3 is 1.32 bits per heavy atom. The Morgan fingerprint density at radius 2 is 1.09 bits per heavy atom. The van der Waals surface area contributed by atoms with E-state index >= 15 is 0 Å². The smallest absolute Gasteiger partial charge is 0.124 e. The van der Waals surface area contributed by atoms with Gasteiger partial charge in [0.15, 0.2) is 0 Å². The summed E-state index contributed by atoms with van der Waals surface area (Å²) >= 11 is 0. The van der Waals surface area contributed by atoms with Crippen LogP contribution in [-0.4, -0.2) is 11.1 Å². The Morgan fingerprint density at radius 1 is 0.773 bits per heavy atom. The molecule has 0 fully saturated rings. The van der Waals surface area contributed by atoms with E-state index in [4.69, 9.17) is 0 Å². The van der Waals surface area contributed by atoms with Gasteiger partial charge in [-0.3, -0.25) is 0 Å². The number of nitriles is 2. The summed E-state index contributed by atoms with van der Waals surface area (Å²) in [4.78, 5) is 0. The molecule has 22 heavy (non-hydrogen) atoms. The summed E-state index contributed by atoms with van der Waals surface area (Å²) in [6.07, 6.45) is 2.89. The van der Waals surface area contributed by atoms with Crippen molar-refractivity contribution in [1.29, 1.82) is 10.5 Å². The van der Waals surface area contributed by atoms with Crippen LogP contribution in [0, 0.1) is 22.7 Å². The van der Waals surface area contributed by atoms with Gasteiger partial charge in [-0.15, -0.1) is 0 Å². The molecule has 0 saturated carbocycles. The molecule has 1 rings (SSSR count). The van der Waals surface area contributed by atoms with Crippen molar-refractivity contribution in [3.8, 4) is 12.1 Å². The second kappa shape index (κ2) is 7.71. The van der Waals surface area contributed by atoms with Gasteiger partial charge in [0.2, 0.25) is 0 Å². The minimum Gasteiger partial charge on any atom is -0.366 e. The van der Waals surface area contributed by atoms with Crippen LogP contribution < -0.4 is 10.6 Å². The first-order valence-corrected chi connectivity index (χ1v) is 8.02. The second-order valence-corrected chi connectivity index (χ2v) is 5.60. The lowest BCUT2D eigenvalue weighted by Crippen LogP contribution is -2.38. The highest BCUT2D eigenvalue weighted by Crippen LogP contribution is 2.31. The molecule has 0 unspecified atom stereocenters. The van der Waals surface area contributed by atoms with Crippen molar-refractivity contribution in [3.63, 3.8) is 0 Å². The minimum atomic E-state index is -0.578. The van der Waals surface area contributed by atoms with Gasteiger partial charge in [0, 0.05) is 0 Å². The molecular formula is C18H26N4. The lowest BCUT2D eigenvalue weighted by Gasteiger charge is -2.31. The van der Waals surface area contributed by atoms with Crippen LogP contribution in [0.1, 0.15) is 53.4 Å². The summed E-state index contributed by atoms with van der Waals surface area (Å²) in [5, 5.41) is 25.8. The highest BCUT2D eigenvalue weighted by molar-refractivity contribution is 5.71. The van der Waals surface area contributed by atoms with Crippen molar-refractivity contribution in [2.45, 2.75) is 64.5 Å². The van der Waals surface area contributed by atoms with Gasteiger partial charge in [-0.25, -0.2) is 0 Å². The molecule has 0 aromatic heterocycles. The monoisotopic (exact) mass is 298 g/mol. The SMILES string of the molecule is CCC(C#N)(CC)Nc1ccccc1NC(C#N)(CC)CC. The first kappa shape index (κ1) is 17.9. The topological polar surface area (TPSA) is 71.6 Å². The van der Waals surface area contributed by atoms with Crippen molar-refractivity contribution in [2.75, 3.05) is 10.6 Å². The fourth-order valence-electron chi connectivity index (χ4n) is 2.44. The lowest BCUT2D eigenvalue weighted by molar-refractivity contribution is 0.542. The Bertz CT molecular complexity index is 506. The van der Waals surface area contributed by atoms with Crippen molar-refractivity contribution >= 4 is 11.4 Å². The van der Waals surface area contributed by atoms with E-state index in [1.165, 1.54) is 0 Å². The number of benzene rings is 1. The van der Waals surface area contributed by atoms with E-state index in [9.17, 15) is 10.5 Å². The summed E-state index contributed by atoms with van der Waals surface area (Å²) in [5.74, 6) is 0. The fraction of sp³-hybridized carbons (Fsp3) is 0.556. The maximum absolute atomic E-state index is 9.51. The Kier molecular flexibility index (Phi) is 6.25. The zero-order chi connectivity index (χ0) is 16.6. The number of para-hydroxylation sites is 2. The average molecular weight is 298 g/mol. The molecule has 0 saturated heterocycles. The summed E-state index contributed by atoms with van der Waals surface area (Å²) < 4.78 is 0. The molecule has 0 bridgehead atoms. The molecule has 0 spiro atoms. The van der Waals surface area contributed by atoms with Gasteiger partial charge in [0.05, 0.1) is 23.5 Å². The van der Waals surface area contributed by atoms with Crippen LogP contribution in [0.25, 0.3) is 0 Å². The van der Waals surface area contributed by atoms with Crippen LogP contribution >= 0.6 is 0 Å². The molecule has 0 aliphatic carbocycles. The molecule has 0 amide bonds. The molecule has 4 heteroatoms. The molecule has 0 atom stereocenters. The van der Waals surface area contributed by atoms with Crippen LogP contribution in [0.2, 0.25) is 0 Å². The van der Waals surface area contributed by atoms with E-state index < -0.39 is 11.1 Å². The number of anilines is 2. The van der Waals surface area contributed by atoms with Gasteiger partial charge < -0.3 is 10.6 Å². The molecule has 0 aliphatic rings. The predicted octanol–water partition coefficient (Wildman–Crippen LogP) is 4.68. The van der Waals surface area contributed by atoms with Crippen LogP contribution in [0.15, 0.2) is 24.3 Å². The molecule has 4 nitrogen and oxygen atoms in total. The van der Waals surface area contributed by atoms with Crippen molar-refractivity contribution < 1.29 is 0 Å². The second-order valence-electron chi connectivity index (χ2n) is 5.60. The van der Waals surface area contributed by atoms with E-state index in [-0.39, 0.29) is 0 Å². The normalized spacial score (nSPS) is 11.4. The summed E-state index contributed by atoms with van der Waals surface area (Å²) in [6.45, 7) is 8.03. The van der Waals surface area contributed by atoms with Crippen LogP contribution in [0.3, 0.4) is 0 Å². The van der Waals surface area contributed by atoms with Crippen LogP contribution in [0.4, 0.5) is 11.4 Å². The van der Waals surface area contributed by atoms with E-state index in [1.54, 1.807) is 0 Å². The van der Waals surface area contributed by atoms with Crippen LogP contribution in [0.5, 0.6) is 0 Å². The van der Waals surface area contributed by atoms with Crippen LogP contribution in [-0.2, 0) is 0 Å². The molecule has 0 radical (unpaired) electrons. The van der Waals surface area contributed by atoms with E-state index in [0.717, 1.165) is 37.1 Å². The van der Waals surface area contributed by atoms with Crippen molar-refractivity contribution in [2.24, 2.45) is 0 Å². The quantitative estimate of drug-likeness (QED) is 0.731. The zero-order valence-corrected chi connectivity index (χ0v) is 14.0. The van der Waals surface area contributed by atoms with Gasteiger partial charge in [-0.05, 0) is 37.8 Å². The molecular weight excluding hydrogens is 272 g/mol. The van der Waals surface area contributed by atoms with E-state index in [0.29, 0.717) is 0 Å². The first-order chi connectivity index (χ1) is 10.5. The number of rotatable bonds is 8. The maximum atomic E-state index is 9.51. The average Bonchev–Trinajstić information content (AvgIpc) is 2.59. The number of hydrogen-bond donors (Lipinski definition) is 2. The molecule has 1 aromatic carbocycles. The van der Waals surface area contributed by atoms with Gasteiger partial charge in [-0.2, -0.15) is 10.5 Å². The Hall–Kier alpha value is -2.20. The third-order valence-corrected chi connectivity index (χ3v) is 4.52. The van der Waals surface area contributed by atoms with Gasteiger partial charge in [0.1, 0.15) is 11.1 Å². The third-order valence-electron chi connectivity index (χ3n) is 4.52. The van der Waals surface area contributed by atoms with Gasteiger partial charge in [-0.1, -0.05) is 39.8 Å². The Balaban J connectivity index is 3.16. The highest BCUT2D eigenvalue weighted by atomic mass is 15.0. The van der Waals surface area contributed by atoms with Crippen molar-refractivity contribution in [1.82, 2.24) is 0 Å². The molecule has 118 valence electrons. The van der Waals surface area contributed by atoms with Gasteiger partial charge >= 0.3 is 0 Å². The van der Waals surface area contributed by atoms with E-state index in [1.807, 2.05) is 52.0 Å². The minimum absolute atomic E-state index is 0.578.